The summed E-state index contributed by atoms with van der Waals surface area (Å²) < 4.78 is 1.75. The lowest BCUT2D eigenvalue weighted by Crippen LogP contribution is -2.30. The summed E-state index contributed by atoms with van der Waals surface area (Å²) in [7, 11) is 0. The molecule has 0 spiro atoms. The minimum Gasteiger partial charge on any atom is -0.392 e. The summed E-state index contributed by atoms with van der Waals surface area (Å²) in [5.74, 6) is 0.506. The first-order valence-electron chi connectivity index (χ1n) is 5.35. The molecule has 0 saturated carbocycles. The van der Waals surface area contributed by atoms with E-state index in [2.05, 4.69) is 15.5 Å². The number of rotatable bonds is 3. The molecule has 2 aromatic rings. The average Bonchev–Trinajstić information content (AvgIpc) is 2.67. The number of carbonyl (C=O) groups excluding carboxylic acids is 1. The Kier molecular flexibility index (Phi) is 3.06. The number of amides is 1. The van der Waals surface area contributed by atoms with Crippen LogP contribution >= 0.6 is 0 Å². The second-order valence-electron chi connectivity index (χ2n) is 3.95. The second-order valence-corrected chi connectivity index (χ2v) is 3.95. The summed E-state index contributed by atoms with van der Waals surface area (Å²) in [6.45, 7) is 3.67. The molecule has 1 atom stereocenters. The fraction of sp³-hybridized carbons (Fsp3) is 0.364. The van der Waals surface area contributed by atoms with E-state index in [-0.39, 0.29) is 12.5 Å². The van der Waals surface area contributed by atoms with Crippen LogP contribution in [0, 0.1) is 6.92 Å². The first-order valence-corrected chi connectivity index (χ1v) is 5.35. The van der Waals surface area contributed by atoms with Crippen molar-refractivity contribution in [1.29, 1.82) is 0 Å². The molecule has 0 aliphatic carbocycles. The van der Waals surface area contributed by atoms with Gasteiger partial charge in [-0.25, -0.2) is 0 Å². The molecular formula is C11H14N4O2. The van der Waals surface area contributed by atoms with Crippen LogP contribution in [-0.4, -0.2) is 38.3 Å². The van der Waals surface area contributed by atoms with Crippen molar-refractivity contribution in [3.05, 3.63) is 29.7 Å². The third kappa shape index (κ3) is 2.42. The predicted octanol–water partition coefficient (Wildman–Crippen LogP) is 0.148. The van der Waals surface area contributed by atoms with Crippen LogP contribution in [0.25, 0.3) is 5.65 Å². The molecule has 17 heavy (non-hydrogen) atoms. The number of hydrogen-bond donors (Lipinski definition) is 2. The van der Waals surface area contributed by atoms with Crippen molar-refractivity contribution in [3.63, 3.8) is 0 Å². The molecule has 2 heterocycles. The Morgan fingerprint density at radius 3 is 3.00 bits per heavy atom. The van der Waals surface area contributed by atoms with E-state index < -0.39 is 6.10 Å². The van der Waals surface area contributed by atoms with E-state index in [0.29, 0.717) is 11.2 Å². The van der Waals surface area contributed by atoms with Crippen LogP contribution in [0.5, 0.6) is 0 Å². The molecule has 0 aliphatic heterocycles. The normalized spacial score (nSPS) is 12.6. The van der Waals surface area contributed by atoms with Gasteiger partial charge in [-0.1, -0.05) is 0 Å². The molecule has 0 radical (unpaired) electrons. The highest BCUT2D eigenvalue weighted by Crippen LogP contribution is 2.06. The summed E-state index contributed by atoms with van der Waals surface area (Å²) in [6, 6.07) is 3.41. The van der Waals surface area contributed by atoms with Gasteiger partial charge in [0.15, 0.2) is 5.65 Å². The maximum Gasteiger partial charge on any atom is 0.252 e. The number of pyridine rings is 1. The maximum atomic E-state index is 11.7. The Labute approximate surface area is 98.3 Å². The van der Waals surface area contributed by atoms with Gasteiger partial charge in [-0.05, 0) is 26.0 Å². The number of aliphatic hydroxyl groups is 1. The molecule has 2 aromatic heterocycles. The summed E-state index contributed by atoms with van der Waals surface area (Å²) in [5, 5.41) is 19.6. The molecule has 0 fully saturated rings. The van der Waals surface area contributed by atoms with E-state index in [9.17, 15) is 4.79 Å². The number of aliphatic hydroxyl groups excluding tert-OH is 1. The zero-order valence-electron chi connectivity index (χ0n) is 9.71. The van der Waals surface area contributed by atoms with E-state index in [1.807, 2.05) is 6.92 Å². The van der Waals surface area contributed by atoms with E-state index in [1.165, 1.54) is 0 Å². The van der Waals surface area contributed by atoms with Gasteiger partial charge in [0.2, 0.25) is 0 Å². The van der Waals surface area contributed by atoms with E-state index in [1.54, 1.807) is 29.7 Å². The lowest BCUT2D eigenvalue weighted by Gasteiger charge is -2.07. The molecular weight excluding hydrogens is 220 g/mol. The van der Waals surface area contributed by atoms with Crippen molar-refractivity contribution in [1.82, 2.24) is 19.9 Å². The lowest BCUT2D eigenvalue weighted by molar-refractivity contribution is 0.0923. The molecule has 0 aliphatic rings. The van der Waals surface area contributed by atoms with Crippen molar-refractivity contribution < 1.29 is 9.90 Å². The highest BCUT2D eigenvalue weighted by atomic mass is 16.3. The average molecular weight is 234 g/mol. The SMILES string of the molecule is Cc1nnc2ccc(C(=O)NCC(C)O)cn12. The Hall–Kier alpha value is -1.95. The van der Waals surface area contributed by atoms with Gasteiger partial charge in [-0.3, -0.25) is 9.20 Å². The van der Waals surface area contributed by atoms with Crippen molar-refractivity contribution >= 4 is 11.6 Å². The molecule has 6 nitrogen and oxygen atoms in total. The summed E-state index contributed by atoms with van der Waals surface area (Å²) in [4.78, 5) is 11.7. The summed E-state index contributed by atoms with van der Waals surface area (Å²) in [5.41, 5.74) is 1.22. The Bertz CT molecular complexity index is 547. The van der Waals surface area contributed by atoms with Gasteiger partial charge in [0, 0.05) is 12.7 Å². The first-order chi connectivity index (χ1) is 8.08. The third-order valence-corrected chi connectivity index (χ3v) is 2.39. The van der Waals surface area contributed by atoms with Crippen LogP contribution < -0.4 is 5.32 Å². The topological polar surface area (TPSA) is 79.5 Å². The second kappa shape index (κ2) is 4.50. The summed E-state index contributed by atoms with van der Waals surface area (Å²) in [6.07, 6.45) is 1.13. The number of carbonyl (C=O) groups is 1. The zero-order chi connectivity index (χ0) is 12.4. The highest BCUT2D eigenvalue weighted by molar-refractivity contribution is 5.94. The van der Waals surface area contributed by atoms with Crippen LogP contribution in [0.1, 0.15) is 23.1 Å². The van der Waals surface area contributed by atoms with Gasteiger partial charge in [-0.15, -0.1) is 10.2 Å². The molecule has 1 unspecified atom stereocenters. The minimum atomic E-state index is -0.556. The van der Waals surface area contributed by atoms with Gasteiger partial charge >= 0.3 is 0 Å². The maximum absolute atomic E-state index is 11.7. The van der Waals surface area contributed by atoms with Crippen LogP contribution in [0.2, 0.25) is 0 Å². The van der Waals surface area contributed by atoms with Gasteiger partial charge < -0.3 is 10.4 Å². The number of hydrogen-bond acceptors (Lipinski definition) is 4. The molecule has 2 N–H and O–H groups in total. The molecule has 0 saturated heterocycles. The third-order valence-electron chi connectivity index (χ3n) is 2.39. The molecule has 6 heteroatoms. The van der Waals surface area contributed by atoms with Crippen LogP contribution in [0.4, 0.5) is 0 Å². The van der Waals surface area contributed by atoms with Gasteiger partial charge in [-0.2, -0.15) is 0 Å². The predicted molar refractivity (Wildman–Crippen MR) is 61.7 cm³/mol. The largest absolute Gasteiger partial charge is 0.392 e. The van der Waals surface area contributed by atoms with Crippen LogP contribution in [0.3, 0.4) is 0 Å². The van der Waals surface area contributed by atoms with E-state index in [0.717, 1.165) is 5.82 Å². The minimum absolute atomic E-state index is 0.221. The quantitative estimate of drug-likeness (QED) is 0.792. The molecule has 2 rings (SSSR count). The fourth-order valence-electron chi connectivity index (χ4n) is 1.48. The zero-order valence-corrected chi connectivity index (χ0v) is 9.71. The Morgan fingerprint density at radius 1 is 1.53 bits per heavy atom. The van der Waals surface area contributed by atoms with Crippen molar-refractivity contribution in [2.75, 3.05) is 6.54 Å². The molecule has 90 valence electrons. The number of aromatic nitrogens is 3. The van der Waals surface area contributed by atoms with Gasteiger partial charge in [0.05, 0.1) is 11.7 Å². The van der Waals surface area contributed by atoms with Crippen molar-refractivity contribution in [2.24, 2.45) is 0 Å². The number of fused-ring (bicyclic) bond motifs is 1. The monoisotopic (exact) mass is 234 g/mol. The molecule has 0 aromatic carbocycles. The van der Waals surface area contributed by atoms with E-state index >= 15 is 0 Å². The summed E-state index contributed by atoms with van der Waals surface area (Å²) >= 11 is 0. The molecule has 0 bridgehead atoms. The van der Waals surface area contributed by atoms with E-state index in [4.69, 9.17) is 5.11 Å². The smallest absolute Gasteiger partial charge is 0.252 e. The van der Waals surface area contributed by atoms with Crippen LogP contribution in [0.15, 0.2) is 18.3 Å². The standard InChI is InChI=1S/C11H14N4O2/c1-7(16)5-12-11(17)9-3-4-10-14-13-8(2)15(10)6-9/h3-4,6-7,16H,5H2,1-2H3,(H,12,17). The fourth-order valence-corrected chi connectivity index (χ4v) is 1.48. The lowest BCUT2D eigenvalue weighted by atomic mass is 10.2. The van der Waals surface area contributed by atoms with Crippen molar-refractivity contribution in [3.8, 4) is 0 Å². The Balaban J connectivity index is 2.23. The number of aryl methyl sites for hydroxylation is 1. The number of nitrogens with one attached hydrogen (secondary N) is 1. The van der Waals surface area contributed by atoms with Gasteiger partial charge in [0.1, 0.15) is 5.82 Å². The highest BCUT2D eigenvalue weighted by Gasteiger charge is 2.08. The number of nitrogens with zero attached hydrogens (tertiary/aromatic N) is 3. The van der Waals surface area contributed by atoms with Crippen LogP contribution in [-0.2, 0) is 0 Å². The van der Waals surface area contributed by atoms with Crippen molar-refractivity contribution in [2.45, 2.75) is 20.0 Å². The molecule has 1 amide bonds. The van der Waals surface area contributed by atoms with Gasteiger partial charge in [0.25, 0.3) is 5.91 Å². The Morgan fingerprint density at radius 2 is 2.29 bits per heavy atom. The first kappa shape index (κ1) is 11.5.